The van der Waals surface area contributed by atoms with Crippen molar-refractivity contribution in [2.75, 3.05) is 11.9 Å². The first-order valence-electron chi connectivity index (χ1n) is 4.89. The maximum atomic E-state index is 10.8. The Labute approximate surface area is 98.2 Å². The molecule has 0 amide bonds. The first-order valence-corrected chi connectivity index (χ1v) is 5.27. The maximum absolute atomic E-state index is 10.8. The molecule has 0 saturated heterocycles. The Morgan fingerprint density at radius 3 is 2.81 bits per heavy atom. The number of nitro benzene ring substituents is 1. The molecule has 16 heavy (non-hydrogen) atoms. The molecule has 1 atom stereocenters. The zero-order valence-corrected chi connectivity index (χ0v) is 9.57. The molecule has 0 aliphatic carbocycles. The smallest absolute Gasteiger partial charge is 0.292 e. The monoisotopic (exact) mass is 244 g/mol. The van der Waals surface area contributed by atoms with Crippen molar-refractivity contribution in [3.63, 3.8) is 0 Å². The average molecular weight is 245 g/mol. The number of aliphatic hydroxyl groups is 1. The second-order valence-corrected chi connectivity index (χ2v) is 3.79. The van der Waals surface area contributed by atoms with Crippen molar-refractivity contribution in [3.05, 3.63) is 33.3 Å². The van der Waals surface area contributed by atoms with Gasteiger partial charge in [-0.1, -0.05) is 18.5 Å². The van der Waals surface area contributed by atoms with Gasteiger partial charge in [0.25, 0.3) is 5.69 Å². The largest absolute Gasteiger partial charge is 0.394 e. The van der Waals surface area contributed by atoms with Crippen LogP contribution in [0.5, 0.6) is 0 Å². The number of nitrogens with zero attached hydrogens (tertiary/aromatic N) is 1. The first kappa shape index (κ1) is 12.7. The van der Waals surface area contributed by atoms with Crippen LogP contribution < -0.4 is 5.32 Å². The number of hydrogen-bond acceptors (Lipinski definition) is 4. The number of benzene rings is 1. The van der Waals surface area contributed by atoms with Crippen LogP contribution in [0, 0.1) is 10.1 Å². The van der Waals surface area contributed by atoms with E-state index in [4.69, 9.17) is 16.7 Å². The van der Waals surface area contributed by atoms with E-state index in [1.54, 1.807) is 0 Å². The number of hydrogen-bond donors (Lipinski definition) is 2. The first-order chi connectivity index (χ1) is 7.58. The predicted molar refractivity (Wildman–Crippen MR) is 62.9 cm³/mol. The van der Waals surface area contributed by atoms with Crippen LogP contribution in [-0.2, 0) is 0 Å². The fourth-order valence-corrected chi connectivity index (χ4v) is 1.45. The molecule has 1 rings (SSSR count). The van der Waals surface area contributed by atoms with Crippen molar-refractivity contribution >= 4 is 23.0 Å². The Balaban J connectivity index is 3.00. The van der Waals surface area contributed by atoms with Crippen molar-refractivity contribution in [1.82, 2.24) is 0 Å². The zero-order valence-electron chi connectivity index (χ0n) is 8.81. The Morgan fingerprint density at radius 1 is 1.62 bits per heavy atom. The predicted octanol–water partition coefficient (Wildman–Crippen LogP) is 2.43. The molecule has 0 bridgehead atoms. The number of halogens is 1. The summed E-state index contributed by atoms with van der Waals surface area (Å²) in [6, 6.07) is 4.08. The van der Waals surface area contributed by atoms with Gasteiger partial charge < -0.3 is 10.4 Å². The molecule has 0 radical (unpaired) electrons. The standard InChI is InChI=1S/C10H13ClN2O3/c1-2-8(6-14)12-9-5-7(11)3-4-10(9)13(15)16/h3-5,8,12,14H,2,6H2,1H3/t8-/m1/s1. The summed E-state index contributed by atoms with van der Waals surface area (Å²) in [7, 11) is 0. The molecule has 1 aromatic rings. The van der Waals surface area contributed by atoms with Crippen molar-refractivity contribution in [1.29, 1.82) is 0 Å². The normalized spacial score (nSPS) is 12.2. The number of aliphatic hydroxyl groups excluding tert-OH is 1. The summed E-state index contributed by atoms with van der Waals surface area (Å²) in [5.74, 6) is 0. The fourth-order valence-electron chi connectivity index (χ4n) is 1.28. The van der Waals surface area contributed by atoms with Crippen LogP contribution in [0.25, 0.3) is 0 Å². The summed E-state index contributed by atoms with van der Waals surface area (Å²) in [4.78, 5) is 10.3. The van der Waals surface area contributed by atoms with Gasteiger partial charge in [0, 0.05) is 17.1 Å². The highest BCUT2D eigenvalue weighted by Crippen LogP contribution is 2.28. The lowest BCUT2D eigenvalue weighted by molar-refractivity contribution is -0.384. The molecule has 0 saturated carbocycles. The van der Waals surface area contributed by atoms with E-state index in [0.717, 1.165) is 0 Å². The molecule has 2 N–H and O–H groups in total. The summed E-state index contributed by atoms with van der Waals surface area (Å²) >= 11 is 5.77. The summed E-state index contributed by atoms with van der Waals surface area (Å²) in [6.07, 6.45) is 0.667. The van der Waals surface area contributed by atoms with Crippen LogP contribution in [0.1, 0.15) is 13.3 Å². The van der Waals surface area contributed by atoms with Crippen molar-refractivity contribution < 1.29 is 10.0 Å². The second-order valence-electron chi connectivity index (χ2n) is 3.35. The Hall–Kier alpha value is -1.33. The summed E-state index contributed by atoms with van der Waals surface area (Å²) < 4.78 is 0. The van der Waals surface area contributed by atoms with Crippen LogP contribution in [0.4, 0.5) is 11.4 Å². The molecule has 1 aromatic carbocycles. The van der Waals surface area contributed by atoms with E-state index in [1.807, 2.05) is 6.92 Å². The average Bonchev–Trinajstić information content (AvgIpc) is 2.25. The van der Waals surface area contributed by atoms with Gasteiger partial charge in [-0.15, -0.1) is 0 Å². The summed E-state index contributed by atoms with van der Waals surface area (Å²) in [5, 5.41) is 23.1. The van der Waals surface area contributed by atoms with E-state index in [-0.39, 0.29) is 18.3 Å². The minimum atomic E-state index is -0.483. The maximum Gasteiger partial charge on any atom is 0.292 e. The van der Waals surface area contributed by atoms with Gasteiger partial charge in [0.15, 0.2) is 0 Å². The Kier molecular flexibility index (Phi) is 4.52. The Bertz CT molecular complexity index is 380. The number of nitrogens with one attached hydrogen (secondary N) is 1. The van der Waals surface area contributed by atoms with Crippen LogP contribution in [0.3, 0.4) is 0 Å². The number of anilines is 1. The minimum Gasteiger partial charge on any atom is -0.394 e. The van der Waals surface area contributed by atoms with E-state index < -0.39 is 4.92 Å². The minimum absolute atomic E-state index is 0.0451. The van der Waals surface area contributed by atoms with Crippen LogP contribution in [-0.4, -0.2) is 22.7 Å². The van der Waals surface area contributed by atoms with Gasteiger partial charge in [-0.25, -0.2) is 0 Å². The molecular weight excluding hydrogens is 232 g/mol. The highest BCUT2D eigenvalue weighted by Gasteiger charge is 2.16. The molecule has 0 heterocycles. The highest BCUT2D eigenvalue weighted by molar-refractivity contribution is 6.31. The molecule has 5 nitrogen and oxygen atoms in total. The van der Waals surface area contributed by atoms with Gasteiger partial charge in [-0.05, 0) is 18.6 Å². The van der Waals surface area contributed by atoms with Gasteiger partial charge in [0.1, 0.15) is 5.69 Å². The molecule has 0 aromatic heterocycles. The summed E-state index contributed by atoms with van der Waals surface area (Å²) in [5.41, 5.74) is 0.287. The molecule has 0 unspecified atom stereocenters. The van der Waals surface area contributed by atoms with Gasteiger partial charge in [-0.3, -0.25) is 10.1 Å². The Morgan fingerprint density at radius 2 is 2.31 bits per heavy atom. The van der Waals surface area contributed by atoms with Gasteiger partial charge in [-0.2, -0.15) is 0 Å². The summed E-state index contributed by atoms with van der Waals surface area (Å²) in [6.45, 7) is 1.80. The molecule has 6 heteroatoms. The van der Waals surface area contributed by atoms with Crippen LogP contribution >= 0.6 is 11.6 Å². The lowest BCUT2D eigenvalue weighted by Crippen LogP contribution is -2.23. The van der Waals surface area contributed by atoms with Crippen molar-refractivity contribution in [2.45, 2.75) is 19.4 Å². The lowest BCUT2D eigenvalue weighted by atomic mass is 10.2. The van der Waals surface area contributed by atoms with E-state index in [1.165, 1.54) is 18.2 Å². The number of nitro groups is 1. The molecule has 0 fully saturated rings. The van der Waals surface area contributed by atoms with Gasteiger partial charge >= 0.3 is 0 Å². The quantitative estimate of drug-likeness (QED) is 0.616. The topological polar surface area (TPSA) is 75.4 Å². The van der Waals surface area contributed by atoms with E-state index in [0.29, 0.717) is 17.1 Å². The van der Waals surface area contributed by atoms with Crippen LogP contribution in [0.15, 0.2) is 18.2 Å². The lowest BCUT2D eigenvalue weighted by Gasteiger charge is -2.15. The van der Waals surface area contributed by atoms with E-state index in [9.17, 15) is 10.1 Å². The van der Waals surface area contributed by atoms with E-state index >= 15 is 0 Å². The second kappa shape index (κ2) is 5.67. The molecule has 88 valence electrons. The SMILES string of the molecule is CC[C@H](CO)Nc1cc(Cl)ccc1[N+](=O)[O-]. The molecule has 0 aliphatic heterocycles. The third-order valence-electron chi connectivity index (χ3n) is 2.23. The van der Waals surface area contributed by atoms with Crippen LogP contribution in [0.2, 0.25) is 5.02 Å². The van der Waals surface area contributed by atoms with Gasteiger partial charge in [0.2, 0.25) is 0 Å². The van der Waals surface area contributed by atoms with E-state index in [2.05, 4.69) is 5.32 Å². The zero-order chi connectivity index (χ0) is 12.1. The highest BCUT2D eigenvalue weighted by atomic mass is 35.5. The third kappa shape index (κ3) is 3.08. The third-order valence-corrected chi connectivity index (χ3v) is 2.46. The van der Waals surface area contributed by atoms with Gasteiger partial charge in [0.05, 0.1) is 11.5 Å². The van der Waals surface area contributed by atoms with Crippen molar-refractivity contribution in [2.24, 2.45) is 0 Å². The molecule has 0 aliphatic rings. The number of rotatable bonds is 5. The molecule has 0 spiro atoms. The van der Waals surface area contributed by atoms with Crippen molar-refractivity contribution in [3.8, 4) is 0 Å². The fraction of sp³-hybridized carbons (Fsp3) is 0.400. The molecular formula is C10H13ClN2O3.